The smallest absolute Gasteiger partial charge is 0.239 e. The average molecular weight is 301 g/mol. The van der Waals surface area contributed by atoms with Crippen molar-refractivity contribution >= 4 is 12.2 Å². The molecule has 5 nitrogen and oxygen atoms in total. The summed E-state index contributed by atoms with van der Waals surface area (Å²) in [5.74, 6) is -0.0438. The van der Waals surface area contributed by atoms with E-state index in [0.717, 1.165) is 19.1 Å². The second kappa shape index (κ2) is 7.87. The van der Waals surface area contributed by atoms with Crippen LogP contribution in [-0.4, -0.2) is 47.4 Å². The molecule has 0 spiro atoms. The molecule has 22 heavy (non-hydrogen) atoms. The third-order valence-corrected chi connectivity index (χ3v) is 3.97. The minimum Gasteiger partial charge on any atom is -0.318 e. The molecule has 1 N–H and O–H groups in total. The van der Waals surface area contributed by atoms with Gasteiger partial charge in [0.2, 0.25) is 5.91 Å². The zero-order chi connectivity index (χ0) is 15.9. The van der Waals surface area contributed by atoms with Crippen LogP contribution in [0.15, 0.2) is 43.0 Å². The van der Waals surface area contributed by atoms with Crippen LogP contribution < -0.4 is 5.43 Å². The summed E-state index contributed by atoms with van der Waals surface area (Å²) in [5, 5.41) is 2.05. The van der Waals surface area contributed by atoms with Crippen LogP contribution in [0.5, 0.6) is 0 Å². The number of rotatable bonds is 7. The summed E-state index contributed by atoms with van der Waals surface area (Å²) in [6.45, 7) is 6.29. The maximum absolute atomic E-state index is 12.0. The fraction of sp³-hybridized carbons (Fsp3) is 0.412. The molecule has 118 valence electrons. The molecule has 0 aliphatic carbocycles. The first kappa shape index (κ1) is 16.4. The number of carbonyl (C=O) groups is 2. The molecule has 5 heteroatoms. The van der Waals surface area contributed by atoms with Crippen LogP contribution in [0.25, 0.3) is 0 Å². The summed E-state index contributed by atoms with van der Waals surface area (Å²) in [7, 11) is 0. The Morgan fingerprint density at radius 3 is 2.73 bits per heavy atom. The van der Waals surface area contributed by atoms with E-state index < -0.39 is 0 Å². The number of amides is 1. The number of hydrogen-bond donors (Lipinski definition) is 1. The van der Waals surface area contributed by atoms with Gasteiger partial charge >= 0.3 is 0 Å². The monoisotopic (exact) mass is 301 g/mol. The highest BCUT2D eigenvalue weighted by atomic mass is 16.2. The van der Waals surface area contributed by atoms with Gasteiger partial charge in [0.05, 0.1) is 19.3 Å². The Morgan fingerprint density at radius 2 is 2.14 bits per heavy atom. The number of carbonyl (C=O) groups excluding carboxylic acids is 2. The second-order valence-corrected chi connectivity index (χ2v) is 5.34. The molecule has 0 radical (unpaired) electrons. The van der Waals surface area contributed by atoms with Gasteiger partial charge in [-0.1, -0.05) is 43.3 Å². The van der Waals surface area contributed by atoms with Crippen LogP contribution in [0.3, 0.4) is 0 Å². The topological polar surface area (TPSA) is 52.7 Å². The summed E-state index contributed by atoms with van der Waals surface area (Å²) in [4.78, 5) is 24.5. The lowest BCUT2D eigenvalue weighted by molar-refractivity contribution is -0.151. The summed E-state index contributed by atoms with van der Waals surface area (Å²) in [6, 6.07) is 10.2. The van der Waals surface area contributed by atoms with E-state index in [1.54, 1.807) is 4.90 Å². The van der Waals surface area contributed by atoms with Crippen LogP contribution in [0.2, 0.25) is 0 Å². The van der Waals surface area contributed by atoms with Crippen molar-refractivity contribution in [3.05, 3.63) is 48.6 Å². The maximum atomic E-state index is 12.0. The first-order valence-corrected chi connectivity index (χ1v) is 7.62. The molecular weight excluding hydrogens is 278 g/mol. The third-order valence-electron chi connectivity index (χ3n) is 3.97. The molecule has 0 bridgehead atoms. The molecule has 1 aromatic carbocycles. The van der Waals surface area contributed by atoms with Gasteiger partial charge in [-0.25, -0.2) is 10.4 Å². The molecular formula is C17H23N3O2. The van der Waals surface area contributed by atoms with E-state index in [4.69, 9.17) is 0 Å². The Labute approximate surface area is 131 Å². The molecule has 2 atom stereocenters. The van der Waals surface area contributed by atoms with Gasteiger partial charge < -0.3 is 9.69 Å². The van der Waals surface area contributed by atoms with Crippen molar-refractivity contribution in [3.63, 3.8) is 0 Å². The predicted octanol–water partition coefficient (Wildman–Crippen LogP) is 1.37. The molecule has 2 unspecified atom stereocenters. The van der Waals surface area contributed by atoms with Gasteiger partial charge in [0.25, 0.3) is 0 Å². The summed E-state index contributed by atoms with van der Waals surface area (Å²) in [5.41, 5.74) is 4.40. The van der Waals surface area contributed by atoms with Gasteiger partial charge in [-0.3, -0.25) is 4.79 Å². The molecule has 1 amide bonds. The number of nitrogens with zero attached hydrogens (tertiary/aromatic N) is 2. The predicted molar refractivity (Wildman–Crippen MR) is 85.8 cm³/mol. The number of benzene rings is 1. The van der Waals surface area contributed by atoms with Crippen molar-refractivity contribution in [1.29, 1.82) is 0 Å². The highest BCUT2D eigenvalue weighted by Crippen LogP contribution is 2.19. The first-order valence-electron chi connectivity index (χ1n) is 7.62. The standard InChI is InChI=1S/C17H23N3O2/c1-3-15(12-14-8-6-5-7-9-14)20-16(4-2)19(10-11-21)17(22)13-18-20/h3,5-9,11,15-16,18H,1,4,10,12-13H2,2H3. The number of hydrogen-bond acceptors (Lipinski definition) is 4. The largest absolute Gasteiger partial charge is 0.318 e. The summed E-state index contributed by atoms with van der Waals surface area (Å²) in [6.07, 6.45) is 4.07. The van der Waals surface area contributed by atoms with E-state index in [1.807, 2.05) is 36.2 Å². The summed E-state index contributed by atoms with van der Waals surface area (Å²) < 4.78 is 0. The molecule has 1 aromatic rings. The SMILES string of the molecule is C=CC(Cc1ccccc1)N1NCC(=O)N(CC=O)C1CC. The van der Waals surface area contributed by atoms with Crippen LogP contribution >= 0.6 is 0 Å². The normalized spacial score (nSPS) is 20.7. The van der Waals surface area contributed by atoms with Gasteiger partial charge in [-0.2, -0.15) is 0 Å². The number of aldehydes is 1. The Morgan fingerprint density at radius 1 is 1.41 bits per heavy atom. The van der Waals surface area contributed by atoms with Crippen molar-refractivity contribution in [2.24, 2.45) is 0 Å². The minimum atomic E-state index is -0.141. The number of hydrazine groups is 1. The minimum absolute atomic E-state index is 0.0438. The number of nitrogens with one attached hydrogen (secondary N) is 1. The Hall–Kier alpha value is -1.98. The lowest BCUT2D eigenvalue weighted by atomic mass is 10.0. The maximum Gasteiger partial charge on any atom is 0.239 e. The quantitative estimate of drug-likeness (QED) is 0.610. The molecule has 1 aliphatic heterocycles. The van der Waals surface area contributed by atoms with Crippen molar-refractivity contribution in [3.8, 4) is 0 Å². The van der Waals surface area contributed by atoms with Crippen molar-refractivity contribution in [1.82, 2.24) is 15.3 Å². The molecule has 1 saturated heterocycles. The van der Waals surface area contributed by atoms with Gasteiger partial charge in [-0.15, -0.1) is 6.58 Å². The van der Waals surface area contributed by atoms with Gasteiger partial charge in [0.1, 0.15) is 6.29 Å². The van der Waals surface area contributed by atoms with Gasteiger partial charge in [-0.05, 0) is 18.4 Å². The van der Waals surface area contributed by atoms with E-state index in [2.05, 4.69) is 24.1 Å². The fourth-order valence-corrected chi connectivity index (χ4v) is 2.89. The van der Waals surface area contributed by atoms with Crippen LogP contribution in [-0.2, 0) is 16.0 Å². The first-order chi connectivity index (χ1) is 10.7. The Bertz CT molecular complexity index is 518. The van der Waals surface area contributed by atoms with E-state index in [1.165, 1.54) is 5.56 Å². The van der Waals surface area contributed by atoms with Crippen LogP contribution in [0.4, 0.5) is 0 Å². The van der Waals surface area contributed by atoms with Crippen molar-refractivity contribution in [2.75, 3.05) is 13.1 Å². The fourth-order valence-electron chi connectivity index (χ4n) is 2.89. The van der Waals surface area contributed by atoms with Gasteiger partial charge in [0.15, 0.2) is 0 Å². The van der Waals surface area contributed by atoms with Crippen molar-refractivity contribution < 1.29 is 9.59 Å². The third kappa shape index (κ3) is 3.61. The Kier molecular flexibility index (Phi) is 5.86. The zero-order valence-corrected chi connectivity index (χ0v) is 12.9. The van der Waals surface area contributed by atoms with E-state index in [-0.39, 0.29) is 31.2 Å². The Balaban J connectivity index is 2.17. The molecule has 0 aromatic heterocycles. The van der Waals surface area contributed by atoms with Gasteiger partial charge in [0, 0.05) is 6.04 Å². The van der Waals surface area contributed by atoms with E-state index >= 15 is 0 Å². The lowest BCUT2D eigenvalue weighted by Gasteiger charge is -2.45. The highest BCUT2D eigenvalue weighted by Gasteiger charge is 2.35. The molecule has 0 saturated carbocycles. The van der Waals surface area contributed by atoms with Crippen LogP contribution in [0.1, 0.15) is 18.9 Å². The van der Waals surface area contributed by atoms with E-state index in [0.29, 0.717) is 0 Å². The zero-order valence-electron chi connectivity index (χ0n) is 12.9. The molecule has 2 rings (SSSR count). The van der Waals surface area contributed by atoms with Crippen LogP contribution in [0, 0.1) is 0 Å². The average Bonchev–Trinajstić information content (AvgIpc) is 2.55. The van der Waals surface area contributed by atoms with Crippen molar-refractivity contribution in [2.45, 2.75) is 32.0 Å². The van der Waals surface area contributed by atoms with E-state index in [9.17, 15) is 9.59 Å². The molecule has 1 aliphatic rings. The highest BCUT2D eigenvalue weighted by molar-refractivity contribution is 5.81. The summed E-state index contributed by atoms with van der Waals surface area (Å²) >= 11 is 0. The molecule has 1 heterocycles. The molecule has 1 fully saturated rings. The second-order valence-electron chi connectivity index (χ2n) is 5.34. The lowest BCUT2D eigenvalue weighted by Crippen LogP contribution is -2.66.